The number of hydrogen-bond donors (Lipinski definition) is 0. The van der Waals surface area contributed by atoms with Crippen LogP contribution in [0.5, 0.6) is 0 Å². The molecular formula is C9H24O2Si2. The molecule has 0 aromatic carbocycles. The van der Waals surface area contributed by atoms with Crippen LogP contribution >= 0.6 is 0 Å². The van der Waals surface area contributed by atoms with E-state index in [0.717, 1.165) is 13.2 Å². The van der Waals surface area contributed by atoms with Gasteiger partial charge in [-0.05, 0) is 26.1 Å². The minimum atomic E-state index is -1.82. The van der Waals surface area contributed by atoms with Crippen LogP contribution in [0.1, 0.15) is 13.8 Å². The van der Waals surface area contributed by atoms with E-state index in [-0.39, 0.29) is 0 Å². The monoisotopic (exact) mass is 220 g/mol. The summed E-state index contributed by atoms with van der Waals surface area (Å²) in [6.07, 6.45) is 0. The van der Waals surface area contributed by atoms with E-state index in [1.165, 1.54) is 5.67 Å². The topological polar surface area (TPSA) is 18.5 Å². The molecule has 0 atom stereocenters. The SMILES string of the molecule is CCO[Si](C)(C[Si](C)(C)C)OCC. The van der Waals surface area contributed by atoms with Crippen molar-refractivity contribution < 1.29 is 8.85 Å². The quantitative estimate of drug-likeness (QED) is 0.641. The summed E-state index contributed by atoms with van der Waals surface area (Å²) in [5, 5.41) is 0. The second kappa shape index (κ2) is 5.29. The van der Waals surface area contributed by atoms with Gasteiger partial charge in [-0.3, -0.25) is 0 Å². The molecule has 0 rings (SSSR count). The van der Waals surface area contributed by atoms with Crippen LogP contribution in [0.2, 0.25) is 31.9 Å². The molecule has 0 aliphatic heterocycles. The van der Waals surface area contributed by atoms with Gasteiger partial charge >= 0.3 is 8.56 Å². The Morgan fingerprint density at radius 1 is 0.846 bits per heavy atom. The summed E-state index contributed by atoms with van der Waals surface area (Å²) in [7, 11) is -2.88. The molecule has 0 aromatic rings. The van der Waals surface area contributed by atoms with Crippen LogP contribution in [0.15, 0.2) is 0 Å². The second-order valence-corrected chi connectivity index (χ2v) is 14.1. The second-order valence-electron chi connectivity index (χ2n) is 4.74. The van der Waals surface area contributed by atoms with Gasteiger partial charge in [0.15, 0.2) is 0 Å². The van der Waals surface area contributed by atoms with E-state index in [1.54, 1.807) is 0 Å². The van der Waals surface area contributed by atoms with Crippen LogP contribution in [0.3, 0.4) is 0 Å². The van der Waals surface area contributed by atoms with Crippen molar-refractivity contribution in [3.05, 3.63) is 0 Å². The van der Waals surface area contributed by atoms with Crippen LogP contribution < -0.4 is 0 Å². The summed E-state index contributed by atoms with van der Waals surface area (Å²) in [5.74, 6) is 0. The van der Waals surface area contributed by atoms with Crippen molar-refractivity contribution in [2.24, 2.45) is 0 Å². The molecular weight excluding hydrogens is 196 g/mol. The molecule has 0 fully saturated rings. The highest BCUT2D eigenvalue weighted by Gasteiger charge is 2.36. The molecule has 0 aliphatic rings. The molecule has 0 radical (unpaired) electrons. The van der Waals surface area contributed by atoms with Gasteiger partial charge in [-0.15, -0.1) is 0 Å². The van der Waals surface area contributed by atoms with Crippen molar-refractivity contribution in [1.29, 1.82) is 0 Å². The Hall–Kier alpha value is 0.354. The van der Waals surface area contributed by atoms with Gasteiger partial charge in [-0.1, -0.05) is 19.6 Å². The third kappa shape index (κ3) is 6.43. The maximum Gasteiger partial charge on any atom is 0.332 e. The fourth-order valence-corrected chi connectivity index (χ4v) is 11.5. The molecule has 0 bridgehead atoms. The van der Waals surface area contributed by atoms with Crippen molar-refractivity contribution in [2.45, 2.75) is 45.7 Å². The maximum atomic E-state index is 5.80. The molecule has 80 valence electrons. The van der Waals surface area contributed by atoms with Gasteiger partial charge < -0.3 is 8.85 Å². The number of rotatable bonds is 6. The van der Waals surface area contributed by atoms with Crippen molar-refractivity contribution >= 4 is 16.6 Å². The van der Waals surface area contributed by atoms with Gasteiger partial charge in [0.2, 0.25) is 0 Å². The van der Waals surface area contributed by atoms with Crippen LogP contribution in [-0.2, 0) is 8.85 Å². The highest BCUT2D eigenvalue weighted by atomic mass is 28.4. The van der Waals surface area contributed by atoms with Crippen molar-refractivity contribution in [1.82, 2.24) is 0 Å². The van der Waals surface area contributed by atoms with Crippen LogP contribution in [0.4, 0.5) is 0 Å². The first kappa shape index (κ1) is 13.4. The molecule has 0 N–H and O–H groups in total. The molecule has 0 saturated heterocycles. The Balaban J connectivity index is 4.22. The molecule has 0 aliphatic carbocycles. The van der Waals surface area contributed by atoms with Crippen LogP contribution in [0.25, 0.3) is 0 Å². The Labute approximate surface area is 84.9 Å². The molecule has 13 heavy (non-hydrogen) atoms. The zero-order chi connectivity index (χ0) is 10.5. The molecule has 0 aromatic heterocycles. The Kier molecular flexibility index (Phi) is 5.43. The van der Waals surface area contributed by atoms with E-state index in [0.29, 0.717) is 0 Å². The summed E-state index contributed by atoms with van der Waals surface area (Å²) in [4.78, 5) is 0. The third-order valence-corrected chi connectivity index (χ3v) is 10.4. The lowest BCUT2D eigenvalue weighted by molar-refractivity contribution is 0.193. The first-order valence-electron chi connectivity index (χ1n) is 5.11. The first-order chi connectivity index (χ1) is 5.83. The van der Waals surface area contributed by atoms with Gasteiger partial charge in [0.05, 0.1) is 0 Å². The summed E-state index contributed by atoms with van der Waals surface area (Å²) in [6, 6.07) is 0. The summed E-state index contributed by atoms with van der Waals surface area (Å²) < 4.78 is 11.6. The Bertz CT molecular complexity index is 137. The highest BCUT2D eigenvalue weighted by molar-refractivity contribution is 6.90. The molecule has 0 unspecified atom stereocenters. The predicted octanol–water partition coefficient (Wildman–Crippen LogP) is 3.01. The van der Waals surface area contributed by atoms with Crippen molar-refractivity contribution in [3.8, 4) is 0 Å². The van der Waals surface area contributed by atoms with E-state index in [4.69, 9.17) is 8.85 Å². The van der Waals surface area contributed by atoms with E-state index < -0.39 is 16.6 Å². The van der Waals surface area contributed by atoms with Gasteiger partial charge in [0, 0.05) is 21.3 Å². The first-order valence-corrected chi connectivity index (χ1v) is 11.3. The summed E-state index contributed by atoms with van der Waals surface area (Å²) in [6.45, 7) is 15.0. The van der Waals surface area contributed by atoms with Gasteiger partial charge in [-0.25, -0.2) is 0 Å². The average molecular weight is 220 g/mol. The Morgan fingerprint density at radius 2 is 1.23 bits per heavy atom. The molecule has 0 spiro atoms. The lowest BCUT2D eigenvalue weighted by Gasteiger charge is -2.31. The fraction of sp³-hybridized carbons (Fsp3) is 1.00. The summed E-state index contributed by atoms with van der Waals surface area (Å²) in [5.41, 5.74) is 1.20. The molecule has 4 heteroatoms. The zero-order valence-electron chi connectivity index (χ0n) is 9.94. The van der Waals surface area contributed by atoms with E-state index >= 15 is 0 Å². The molecule has 0 saturated carbocycles. The fourth-order valence-electron chi connectivity index (χ4n) is 1.72. The highest BCUT2D eigenvalue weighted by Crippen LogP contribution is 2.21. The van der Waals surface area contributed by atoms with Crippen molar-refractivity contribution in [3.63, 3.8) is 0 Å². The largest absolute Gasteiger partial charge is 0.395 e. The lowest BCUT2D eigenvalue weighted by Crippen LogP contribution is -2.45. The third-order valence-electron chi connectivity index (χ3n) is 1.75. The smallest absolute Gasteiger partial charge is 0.332 e. The molecule has 0 amide bonds. The minimum absolute atomic E-state index is 0.785. The Morgan fingerprint density at radius 3 is 1.46 bits per heavy atom. The van der Waals surface area contributed by atoms with Crippen LogP contribution in [0, 0.1) is 0 Å². The van der Waals surface area contributed by atoms with Gasteiger partial charge in [0.25, 0.3) is 0 Å². The van der Waals surface area contributed by atoms with Crippen LogP contribution in [-0.4, -0.2) is 29.8 Å². The predicted molar refractivity (Wildman–Crippen MR) is 63.0 cm³/mol. The van der Waals surface area contributed by atoms with E-state index in [9.17, 15) is 0 Å². The zero-order valence-corrected chi connectivity index (χ0v) is 11.9. The van der Waals surface area contributed by atoms with Gasteiger partial charge in [-0.2, -0.15) is 0 Å². The standard InChI is InChI=1S/C9H24O2Si2/c1-7-10-13(6,11-8-2)9-12(3,4)5/h7-9H2,1-6H3. The van der Waals surface area contributed by atoms with Gasteiger partial charge in [0.1, 0.15) is 0 Å². The molecule has 2 nitrogen and oxygen atoms in total. The molecule has 0 heterocycles. The normalized spacial score (nSPS) is 13.4. The number of hydrogen-bond acceptors (Lipinski definition) is 2. The van der Waals surface area contributed by atoms with E-state index in [1.807, 2.05) is 0 Å². The lowest BCUT2D eigenvalue weighted by atomic mass is 10.9. The summed E-state index contributed by atoms with van der Waals surface area (Å²) >= 11 is 0. The van der Waals surface area contributed by atoms with Crippen molar-refractivity contribution in [2.75, 3.05) is 13.2 Å². The maximum absolute atomic E-state index is 5.80. The van der Waals surface area contributed by atoms with E-state index in [2.05, 4.69) is 40.0 Å². The average Bonchev–Trinajstić information content (AvgIpc) is 1.82. The minimum Gasteiger partial charge on any atom is -0.395 e.